The molecule has 2 aromatic heterocycles. The van der Waals surface area contributed by atoms with Crippen LogP contribution in [0.15, 0.2) is 11.7 Å². The Morgan fingerprint density at radius 1 is 1.50 bits per heavy atom. The largest absolute Gasteiger partial charge is 0.480 e. The van der Waals surface area contributed by atoms with Crippen LogP contribution < -0.4 is 0 Å². The fourth-order valence-corrected chi connectivity index (χ4v) is 2.40. The third-order valence-electron chi connectivity index (χ3n) is 2.63. The summed E-state index contributed by atoms with van der Waals surface area (Å²) in [6.45, 7) is 1.99. The van der Waals surface area contributed by atoms with Crippen LogP contribution in [0.2, 0.25) is 0 Å². The Labute approximate surface area is 118 Å². The van der Waals surface area contributed by atoms with Crippen molar-refractivity contribution in [2.45, 2.75) is 20.0 Å². The van der Waals surface area contributed by atoms with Gasteiger partial charge in [0.2, 0.25) is 0 Å². The van der Waals surface area contributed by atoms with Crippen molar-refractivity contribution in [1.29, 1.82) is 0 Å². The maximum atomic E-state index is 12.1. The van der Waals surface area contributed by atoms with Crippen LogP contribution in [0.3, 0.4) is 0 Å². The van der Waals surface area contributed by atoms with Crippen molar-refractivity contribution >= 4 is 23.2 Å². The summed E-state index contributed by atoms with van der Waals surface area (Å²) in [6.07, 6.45) is 1.33. The Morgan fingerprint density at radius 2 is 2.25 bits per heavy atom. The van der Waals surface area contributed by atoms with Gasteiger partial charge in [-0.05, 0) is 6.92 Å². The van der Waals surface area contributed by atoms with Gasteiger partial charge >= 0.3 is 5.97 Å². The third-order valence-corrected chi connectivity index (χ3v) is 3.55. The van der Waals surface area contributed by atoms with Gasteiger partial charge in [0.05, 0.1) is 23.9 Å². The van der Waals surface area contributed by atoms with E-state index in [4.69, 9.17) is 5.11 Å². The average molecular weight is 295 g/mol. The maximum Gasteiger partial charge on any atom is 0.325 e. The van der Waals surface area contributed by atoms with Crippen molar-refractivity contribution in [1.82, 2.24) is 24.9 Å². The van der Waals surface area contributed by atoms with Gasteiger partial charge in [-0.2, -0.15) is 0 Å². The minimum absolute atomic E-state index is 0.121. The van der Waals surface area contributed by atoms with E-state index in [1.807, 2.05) is 6.92 Å². The fraction of sp³-hybridized carbons (Fsp3) is 0.364. The maximum absolute atomic E-state index is 12.1. The highest BCUT2D eigenvalue weighted by Crippen LogP contribution is 2.15. The number of aryl methyl sites for hydroxylation is 1. The standard InChI is InChI=1S/C11H13N5O3S/c1-7-9(20-6-12-7)4-15(2)11(19)8-3-16(14-13-8)5-10(17)18/h3,6H,4-5H2,1-2H3,(H,17,18). The molecule has 8 nitrogen and oxygen atoms in total. The van der Waals surface area contributed by atoms with Gasteiger partial charge in [0.1, 0.15) is 6.54 Å². The number of carbonyl (C=O) groups is 2. The molecule has 0 aliphatic rings. The highest BCUT2D eigenvalue weighted by molar-refractivity contribution is 7.09. The Kier molecular flexibility index (Phi) is 4.08. The lowest BCUT2D eigenvalue weighted by Crippen LogP contribution is -2.26. The minimum Gasteiger partial charge on any atom is -0.480 e. The molecule has 0 atom stereocenters. The van der Waals surface area contributed by atoms with Crippen LogP contribution in [0.4, 0.5) is 0 Å². The van der Waals surface area contributed by atoms with E-state index in [9.17, 15) is 9.59 Å². The normalized spacial score (nSPS) is 10.5. The summed E-state index contributed by atoms with van der Waals surface area (Å²) in [7, 11) is 1.65. The summed E-state index contributed by atoms with van der Waals surface area (Å²) in [4.78, 5) is 29.3. The molecule has 1 N–H and O–H groups in total. The number of hydrogen-bond acceptors (Lipinski definition) is 6. The van der Waals surface area contributed by atoms with E-state index in [2.05, 4.69) is 15.3 Å². The Hall–Kier alpha value is -2.29. The predicted octanol–water partition coefficient (Wildman–Crippen LogP) is 0.400. The molecule has 2 rings (SSSR count). The fourth-order valence-electron chi connectivity index (χ4n) is 1.57. The minimum atomic E-state index is -1.04. The number of hydrogen-bond donors (Lipinski definition) is 1. The van der Waals surface area contributed by atoms with Crippen LogP contribution >= 0.6 is 11.3 Å². The van der Waals surface area contributed by atoms with Crippen molar-refractivity contribution in [3.05, 3.63) is 28.0 Å². The molecule has 106 valence electrons. The average Bonchev–Trinajstić information content (AvgIpc) is 2.98. The van der Waals surface area contributed by atoms with E-state index in [-0.39, 0.29) is 18.1 Å². The molecule has 2 aromatic rings. The molecule has 0 spiro atoms. The number of aromatic nitrogens is 4. The van der Waals surface area contributed by atoms with Gasteiger partial charge < -0.3 is 10.0 Å². The second kappa shape index (κ2) is 5.78. The van der Waals surface area contributed by atoms with Gasteiger partial charge in [-0.3, -0.25) is 9.59 Å². The second-order valence-electron chi connectivity index (χ2n) is 4.22. The molecule has 2 heterocycles. The topological polar surface area (TPSA) is 101 Å². The molecule has 0 saturated carbocycles. The molecule has 0 unspecified atom stereocenters. The summed E-state index contributed by atoms with van der Waals surface area (Å²) < 4.78 is 1.11. The number of carboxylic acids is 1. The van der Waals surface area contributed by atoms with E-state index in [1.54, 1.807) is 12.6 Å². The number of carboxylic acid groups (broad SMARTS) is 1. The van der Waals surface area contributed by atoms with Crippen LogP contribution in [0.25, 0.3) is 0 Å². The van der Waals surface area contributed by atoms with Crippen molar-refractivity contribution in [3.8, 4) is 0 Å². The first-order valence-electron chi connectivity index (χ1n) is 5.73. The van der Waals surface area contributed by atoms with Crippen LogP contribution in [0.5, 0.6) is 0 Å². The molecule has 0 aliphatic carbocycles. The van der Waals surface area contributed by atoms with Crippen molar-refractivity contribution < 1.29 is 14.7 Å². The predicted molar refractivity (Wildman–Crippen MR) is 70.3 cm³/mol. The summed E-state index contributed by atoms with van der Waals surface area (Å²) in [5.74, 6) is -1.35. The van der Waals surface area contributed by atoms with Crippen molar-refractivity contribution in [2.75, 3.05) is 7.05 Å². The Balaban J connectivity index is 2.05. The molecule has 0 radical (unpaired) electrons. The number of nitrogens with zero attached hydrogens (tertiary/aromatic N) is 5. The van der Waals surface area contributed by atoms with Crippen LogP contribution in [-0.2, 0) is 17.9 Å². The zero-order valence-electron chi connectivity index (χ0n) is 11.0. The van der Waals surface area contributed by atoms with Crippen molar-refractivity contribution in [3.63, 3.8) is 0 Å². The monoisotopic (exact) mass is 295 g/mol. The number of amides is 1. The summed E-state index contributed by atoms with van der Waals surface area (Å²) in [5.41, 5.74) is 2.74. The third kappa shape index (κ3) is 3.18. The van der Waals surface area contributed by atoms with Gasteiger partial charge in [0.25, 0.3) is 5.91 Å². The molecule has 0 saturated heterocycles. The molecule has 0 fully saturated rings. The molecule has 9 heteroatoms. The first-order chi connectivity index (χ1) is 9.47. The van der Waals surface area contributed by atoms with Gasteiger partial charge in [-0.25, -0.2) is 9.67 Å². The zero-order valence-corrected chi connectivity index (χ0v) is 11.8. The Bertz CT molecular complexity index is 636. The van der Waals surface area contributed by atoms with Crippen LogP contribution in [-0.4, -0.2) is 48.9 Å². The zero-order chi connectivity index (χ0) is 14.7. The number of carbonyl (C=O) groups excluding carboxylic acids is 1. The molecular formula is C11H13N5O3S. The molecule has 0 aliphatic heterocycles. The smallest absolute Gasteiger partial charge is 0.325 e. The molecule has 0 aromatic carbocycles. The molecule has 20 heavy (non-hydrogen) atoms. The quantitative estimate of drug-likeness (QED) is 0.856. The summed E-state index contributed by atoms with van der Waals surface area (Å²) in [6, 6.07) is 0. The van der Waals surface area contributed by atoms with Gasteiger partial charge in [0.15, 0.2) is 5.69 Å². The van der Waals surface area contributed by atoms with E-state index < -0.39 is 5.97 Å². The van der Waals surface area contributed by atoms with Gasteiger partial charge in [-0.15, -0.1) is 16.4 Å². The lowest BCUT2D eigenvalue weighted by molar-refractivity contribution is -0.137. The van der Waals surface area contributed by atoms with E-state index >= 15 is 0 Å². The lowest BCUT2D eigenvalue weighted by Gasteiger charge is -2.14. The number of thiazole rings is 1. The summed E-state index contributed by atoms with van der Waals surface area (Å²) >= 11 is 1.48. The SMILES string of the molecule is Cc1ncsc1CN(C)C(=O)c1cn(CC(=O)O)nn1. The second-order valence-corrected chi connectivity index (χ2v) is 5.16. The highest BCUT2D eigenvalue weighted by Gasteiger charge is 2.17. The van der Waals surface area contributed by atoms with E-state index in [0.717, 1.165) is 15.3 Å². The van der Waals surface area contributed by atoms with Crippen molar-refractivity contribution in [2.24, 2.45) is 0 Å². The first kappa shape index (κ1) is 14.1. The first-order valence-corrected chi connectivity index (χ1v) is 6.61. The Morgan fingerprint density at radius 3 is 2.85 bits per heavy atom. The van der Waals surface area contributed by atoms with E-state index in [0.29, 0.717) is 6.54 Å². The van der Waals surface area contributed by atoms with Crippen LogP contribution in [0, 0.1) is 6.92 Å². The molecular weight excluding hydrogens is 282 g/mol. The van der Waals surface area contributed by atoms with Crippen LogP contribution in [0.1, 0.15) is 21.1 Å². The number of aliphatic carboxylic acids is 1. The molecule has 0 bridgehead atoms. The number of rotatable bonds is 5. The van der Waals surface area contributed by atoms with E-state index in [1.165, 1.54) is 22.4 Å². The van der Waals surface area contributed by atoms with Gasteiger partial charge in [-0.1, -0.05) is 5.21 Å². The summed E-state index contributed by atoms with van der Waals surface area (Å²) in [5, 5.41) is 15.9. The lowest BCUT2D eigenvalue weighted by atomic mass is 10.3. The molecule has 1 amide bonds. The highest BCUT2D eigenvalue weighted by atomic mass is 32.1. The van der Waals surface area contributed by atoms with Gasteiger partial charge in [0, 0.05) is 11.9 Å².